The molecule has 0 radical (unpaired) electrons. The van der Waals surface area contributed by atoms with Gasteiger partial charge in [0.25, 0.3) is 5.91 Å². The summed E-state index contributed by atoms with van der Waals surface area (Å²) in [6, 6.07) is 6.48. The number of aromatic nitrogens is 2. The van der Waals surface area contributed by atoms with Crippen LogP contribution in [0.4, 0.5) is 5.69 Å². The van der Waals surface area contributed by atoms with Crippen molar-refractivity contribution in [1.82, 2.24) is 9.97 Å². The summed E-state index contributed by atoms with van der Waals surface area (Å²) in [5.74, 6) is -0.434. The molecule has 7 heteroatoms. The van der Waals surface area contributed by atoms with Crippen molar-refractivity contribution in [3.63, 3.8) is 0 Å². The average Bonchev–Trinajstić information content (AvgIpc) is 2.33. The maximum absolute atomic E-state index is 12.0. The molecule has 1 N–H and O–H groups in total. The Labute approximate surface area is 124 Å². The van der Waals surface area contributed by atoms with Crippen LogP contribution in [-0.2, 0) is 0 Å². The normalized spacial score (nSPS) is 10.3. The first-order valence-corrected chi connectivity index (χ1v) is 6.37. The van der Waals surface area contributed by atoms with Crippen LogP contribution in [0.5, 0.6) is 0 Å². The molecular weight excluding hydrogens is 309 g/mol. The van der Waals surface area contributed by atoms with Crippen LogP contribution < -0.4 is 5.32 Å². The summed E-state index contributed by atoms with van der Waals surface area (Å²) in [6.07, 6.45) is 0. The summed E-state index contributed by atoms with van der Waals surface area (Å²) in [5, 5.41) is 3.26. The van der Waals surface area contributed by atoms with Crippen LogP contribution in [-0.4, -0.2) is 15.9 Å². The van der Waals surface area contributed by atoms with E-state index in [-0.39, 0.29) is 16.0 Å². The number of rotatable bonds is 2. The molecule has 1 aromatic carbocycles. The zero-order valence-electron chi connectivity index (χ0n) is 9.75. The molecule has 0 aliphatic rings. The third-order valence-electron chi connectivity index (χ3n) is 2.26. The standard InChI is InChI=1S/C12H8Cl3N3O/c1-6-5-9(18-12(15)16-6)11(19)17-8-4-2-3-7(13)10(8)14/h2-5H,1H3,(H,17,19). The molecule has 0 saturated heterocycles. The van der Waals surface area contributed by atoms with Gasteiger partial charge in [0.1, 0.15) is 5.69 Å². The molecule has 0 bridgehead atoms. The highest BCUT2D eigenvalue weighted by atomic mass is 35.5. The first-order chi connectivity index (χ1) is 8.97. The lowest BCUT2D eigenvalue weighted by Crippen LogP contribution is -2.14. The Hall–Kier alpha value is -1.36. The summed E-state index contributed by atoms with van der Waals surface area (Å²) in [4.78, 5) is 19.8. The summed E-state index contributed by atoms with van der Waals surface area (Å²) < 4.78 is 0. The van der Waals surface area contributed by atoms with E-state index in [0.29, 0.717) is 16.4 Å². The summed E-state index contributed by atoms with van der Waals surface area (Å²) in [5.41, 5.74) is 1.17. The van der Waals surface area contributed by atoms with E-state index in [4.69, 9.17) is 34.8 Å². The number of carbonyl (C=O) groups is 1. The third kappa shape index (κ3) is 3.35. The predicted molar refractivity (Wildman–Crippen MR) is 76.2 cm³/mol. The van der Waals surface area contributed by atoms with Crippen molar-refractivity contribution < 1.29 is 4.79 Å². The second-order valence-electron chi connectivity index (χ2n) is 3.72. The topological polar surface area (TPSA) is 54.9 Å². The molecule has 1 heterocycles. The lowest BCUT2D eigenvalue weighted by Gasteiger charge is -2.08. The minimum absolute atomic E-state index is 0.0161. The van der Waals surface area contributed by atoms with E-state index < -0.39 is 5.91 Å². The molecule has 98 valence electrons. The van der Waals surface area contributed by atoms with Gasteiger partial charge in [-0.25, -0.2) is 9.97 Å². The van der Waals surface area contributed by atoms with Crippen molar-refractivity contribution in [2.45, 2.75) is 6.92 Å². The Morgan fingerprint density at radius 3 is 2.63 bits per heavy atom. The van der Waals surface area contributed by atoms with Crippen molar-refractivity contribution in [2.24, 2.45) is 0 Å². The summed E-state index contributed by atoms with van der Waals surface area (Å²) in [6.45, 7) is 1.72. The van der Waals surface area contributed by atoms with Crippen molar-refractivity contribution >= 4 is 46.4 Å². The number of halogens is 3. The number of hydrogen-bond donors (Lipinski definition) is 1. The van der Waals surface area contributed by atoms with Gasteiger partial charge in [-0.3, -0.25) is 4.79 Å². The fourth-order valence-electron chi connectivity index (χ4n) is 1.44. The zero-order chi connectivity index (χ0) is 14.0. The Balaban J connectivity index is 2.28. The molecule has 2 aromatic rings. The van der Waals surface area contributed by atoms with E-state index in [2.05, 4.69) is 15.3 Å². The second-order valence-corrected chi connectivity index (χ2v) is 4.84. The molecule has 0 spiro atoms. The molecule has 4 nitrogen and oxygen atoms in total. The van der Waals surface area contributed by atoms with Crippen molar-refractivity contribution in [1.29, 1.82) is 0 Å². The number of carbonyl (C=O) groups excluding carboxylic acids is 1. The Kier molecular flexibility index (Phi) is 4.24. The maximum atomic E-state index is 12.0. The van der Waals surface area contributed by atoms with Crippen LogP contribution in [0.2, 0.25) is 15.3 Å². The number of anilines is 1. The van der Waals surface area contributed by atoms with Gasteiger partial charge in [-0.15, -0.1) is 0 Å². The fourth-order valence-corrected chi connectivity index (χ4v) is 2.01. The maximum Gasteiger partial charge on any atom is 0.274 e. The Bertz CT molecular complexity index is 626. The largest absolute Gasteiger partial charge is 0.319 e. The van der Waals surface area contributed by atoms with Gasteiger partial charge in [0.2, 0.25) is 5.28 Å². The van der Waals surface area contributed by atoms with Gasteiger partial charge in [-0.05, 0) is 36.7 Å². The molecule has 0 fully saturated rings. The number of nitrogens with one attached hydrogen (secondary N) is 1. The van der Waals surface area contributed by atoms with Gasteiger partial charge in [-0.1, -0.05) is 29.3 Å². The molecule has 0 saturated carbocycles. The monoisotopic (exact) mass is 315 g/mol. The molecule has 1 aromatic heterocycles. The molecule has 0 unspecified atom stereocenters. The van der Waals surface area contributed by atoms with Crippen LogP contribution in [0, 0.1) is 6.92 Å². The van der Waals surface area contributed by atoms with Crippen LogP contribution >= 0.6 is 34.8 Å². The smallest absolute Gasteiger partial charge is 0.274 e. The molecule has 19 heavy (non-hydrogen) atoms. The van der Waals surface area contributed by atoms with Gasteiger partial charge in [0.15, 0.2) is 0 Å². The van der Waals surface area contributed by atoms with E-state index in [1.165, 1.54) is 6.07 Å². The lowest BCUT2D eigenvalue weighted by atomic mass is 10.3. The number of hydrogen-bond acceptors (Lipinski definition) is 3. The third-order valence-corrected chi connectivity index (χ3v) is 3.25. The second kappa shape index (κ2) is 5.74. The van der Waals surface area contributed by atoms with Gasteiger partial charge in [0, 0.05) is 5.69 Å². The highest BCUT2D eigenvalue weighted by Crippen LogP contribution is 2.29. The van der Waals surface area contributed by atoms with E-state index in [9.17, 15) is 4.79 Å². The van der Waals surface area contributed by atoms with E-state index >= 15 is 0 Å². The molecule has 0 aliphatic heterocycles. The quantitative estimate of drug-likeness (QED) is 0.852. The predicted octanol–water partition coefficient (Wildman–Crippen LogP) is 4.00. The lowest BCUT2D eigenvalue weighted by molar-refractivity contribution is 0.102. The Morgan fingerprint density at radius 2 is 1.95 bits per heavy atom. The van der Waals surface area contributed by atoms with Gasteiger partial charge in [0.05, 0.1) is 15.7 Å². The van der Waals surface area contributed by atoms with Gasteiger partial charge >= 0.3 is 0 Å². The van der Waals surface area contributed by atoms with Gasteiger partial charge < -0.3 is 5.32 Å². The first kappa shape index (κ1) is 14.1. The minimum Gasteiger partial charge on any atom is -0.319 e. The molecule has 1 amide bonds. The highest BCUT2D eigenvalue weighted by molar-refractivity contribution is 6.44. The number of nitrogens with zero attached hydrogens (tertiary/aromatic N) is 2. The van der Waals surface area contributed by atoms with Crippen LogP contribution in [0.1, 0.15) is 16.2 Å². The van der Waals surface area contributed by atoms with Crippen molar-refractivity contribution in [3.05, 3.63) is 51.0 Å². The highest BCUT2D eigenvalue weighted by Gasteiger charge is 2.12. The number of aryl methyl sites for hydroxylation is 1. The molecule has 0 aliphatic carbocycles. The first-order valence-electron chi connectivity index (χ1n) is 5.24. The van der Waals surface area contributed by atoms with Crippen molar-refractivity contribution in [2.75, 3.05) is 5.32 Å². The van der Waals surface area contributed by atoms with Crippen LogP contribution in [0.15, 0.2) is 24.3 Å². The molecular formula is C12H8Cl3N3O. The SMILES string of the molecule is Cc1cc(C(=O)Nc2cccc(Cl)c2Cl)nc(Cl)n1. The summed E-state index contributed by atoms with van der Waals surface area (Å²) in [7, 11) is 0. The number of amides is 1. The van der Waals surface area contributed by atoms with E-state index in [0.717, 1.165) is 0 Å². The average molecular weight is 317 g/mol. The zero-order valence-corrected chi connectivity index (χ0v) is 12.0. The van der Waals surface area contributed by atoms with Gasteiger partial charge in [-0.2, -0.15) is 0 Å². The Morgan fingerprint density at radius 1 is 1.21 bits per heavy atom. The number of benzene rings is 1. The van der Waals surface area contributed by atoms with E-state index in [1.54, 1.807) is 25.1 Å². The van der Waals surface area contributed by atoms with Crippen molar-refractivity contribution in [3.8, 4) is 0 Å². The summed E-state index contributed by atoms with van der Waals surface area (Å²) >= 11 is 17.5. The molecule has 0 atom stereocenters. The molecule has 2 rings (SSSR count). The fraction of sp³-hybridized carbons (Fsp3) is 0.0833. The van der Waals surface area contributed by atoms with E-state index in [1.807, 2.05) is 0 Å². The van der Waals surface area contributed by atoms with Crippen LogP contribution in [0.25, 0.3) is 0 Å². The van der Waals surface area contributed by atoms with Crippen LogP contribution in [0.3, 0.4) is 0 Å². The minimum atomic E-state index is -0.434.